The molecule has 0 spiro atoms. The highest BCUT2D eigenvalue weighted by Crippen LogP contribution is 2.33. The summed E-state index contributed by atoms with van der Waals surface area (Å²) in [7, 11) is 0. The molecule has 108 valence electrons. The number of rotatable bonds is 1. The highest BCUT2D eigenvalue weighted by molar-refractivity contribution is 9.10. The van der Waals surface area contributed by atoms with E-state index < -0.39 is 11.7 Å². The normalized spacial score (nSPS) is 12.0. The highest BCUT2D eigenvalue weighted by Gasteiger charge is 2.31. The lowest BCUT2D eigenvalue weighted by Gasteiger charge is -2.07. The minimum atomic E-state index is -4.45. The van der Waals surface area contributed by atoms with E-state index in [1.54, 1.807) is 0 Å². The van der Waals surface area contributed by atoms with Crippen LogP contribution in [0.3, 0.4) is 0 Å². The van der Waals surface area contributed by atoms with Crippen LogP contribution in [-0.4, -0.2) is 9.38 Å². The number of imidazole rings is 1. The molecule has 0 aliphatic heterocycles. The van der Waals surface area contributed by atoms with Crippen LogP contribution >= 0.6 is 27.5 Å². The van der Waals surface area contributed by atoms with Crippen molar-refractivity contribution in [2.45, 2.75) is 6.18 Å². The van der Waals surface area contributed by atoms with Gasteiger partial charge in [-0.25, -0.2) is 4.98 Å². The molecular formula is C14H7BrClF3N2. The third-order valence-corrected chi connectivity index (χ3v) is 3.73. The molecular weight excluding hydrogens is 369 g/mol. The quantitative estimate of drug-likeness (QED) is 0.554. The topological polar surface area (TPSA) is 17.3 Å². The van der Waals surface area contributed by atoms with Crippen LogP contribution < -0.4 is 0 Å². The molecule has 0 N–H and O–H groups in total. The first-order valence-corrected chi connectivity index (χ1v) is 7.03. The predicted molar refractivity (Wildman–Crippen MR) is 78.3 cm³/mol. The molecule has 0 saturated carbocycles. The molecule has 0 aliphatic carbocycles. The Kier molecular flexibility index (Phi) is 3.45. The Labute approximate surface area is 131 Å². The van der Waals surface area contributed by atoms with E-state index in [0.29, 0.717) is 11.3 Å². The van der Waals surface area contributed by atoms with Gasteiger partial charge in [0.05, 0.1) is 16.3 Å². The summed E-state index contributed by atoms with van der Waals surface area (Å²) in [4.78, 5) is 4.29. The summed E-state index contributed by atoms with van der Waals surface area (Å²) in [6.07, 6.45) is -1.94. The Bertz CT molecular complexity index is 827. The van der Waals surface area contributed by atoms with Crippen LogP contribution in [0.1, 0.15) is 5.56 Å². The first-order valence-electron chi connectivity index (χ1n) is 5.86. The van der Waals surface area contributed by atoms with Crippen molar-refractivity contribution in [1.82, 2.24) is 9.38 Å². The van der Waals surface area contributed by atoms with Gasteiger partial charge in [0, 0.05) is 22.4 Å². The summed E-state index contributed by atoms with van der Waals surface area (Å²) >= 11 is 9.25. The first-order chi connectivity index (χ1) is 9.84. The molecule has 0 bridgehead atoms. The van der Waals surface area contributed by atoms with E-state index >= 15 is 0 Å². The number of nitrogens with zero attached hydrogens (tertiary/aromatic N) is 2. The summed E-state index contributed by atoms with van der Waals surface area (Å²) in [5.41, 5.74) is 0.827. The summed E-state index contributed by atoms with van der Waals surface area (Å²) in [6.45, 7) is 0. The van der Waals surface area contributed by atoms with E-state index in [1.165, 1.54) is 10.6 Å². The molecule has 1 aromatic carbocycles. The SMILES string of the molecule is FC(F)(F)c1cc(Cl)c2nc(-c3cccc(Br)c3)cn2c1. The average molecular weight is 376 g/mol. The van der Waals surface area contributed by atoms with E-state index in [2.05, 4.69) is 20.9 Å². The second-order valence-corrected chi connectivity index (χ2v) is 5.76. The van der Waals surface area contributed by atoms with Gasteiger partial charge < -0.3 is 4.40 Å². The van der Waals surface area contributed by atoms with Gasteiger partial charge in [0.1, 0.15) is 0 Å². The first kappa shape index (κ1) is 14.4. The van der Waals surface area contributed by atoms with E-state index in [9.17, 15) is 13.2 Å². The maximum Gasteiger partial charge on any atom is 0.417 e. The molecule has 7 heteroatoms. The van der Waals surface area contributed by atoms with Crippen molar-refractivity contribution in [1.29, 1.82) is 0 Å². The zero-order valence-corrected chi connectivity index (χ0v) is 12.7. The van der Waals surface area contributed by atoms with Crippen molar-refractivity contribution in [2.75, 3.05) is 0 Å². The summed E-state index contributed by atoms with van der Waals surface area (Å²) < 4.78 is 40.5. The molecule has 2 heterocycles. The van der Waals surface area contributed by atoms with Gasteiger partial charge >= 0.3 is 6.18 Å². The van der Waals surface area contributed by atoms with Gasteiger partial charge in [-0.05, 0) is 18.2 Å². The fourth-order valence-electron chi connectivity index (χ4n) is 2.00. The molecule has 21 heavy (non-hydrogen) atoms. The lowest BCUT2D eigenvalue weighted by atomic mass is 10.2. The molecule has 0 unspecified atom stereocenters. The van der Waals surface area contributed by atoms with E-state index in [4.69, 9.17) is 11.6 Å². The minimum Gasteiger partial charge on any atom is -0.305 e. The number of halogens is 5. The van der Waals surface area contributed by atoms with Gasteiger partial charge in [-0.2, -0.15) is 13.2 Å². The standard InChI is InChI=1S/C14H7BrClF3N2/c15-10-3-1-2-8(4-10)12-7-21-6-9(14(17,18)19)5-11(16)13(21)20-12/h1-7H. The van der Waals surface area contributed by atoms with Gasteiger partial charge in [-0.15, -0.1) is 0 Å². The average Bonchev–Trinajstić information content (AvgIpc) is 2.82. The van der Waals surface area contributed by atoms with Gasteiger partial charge in [-0.1, -0.05) is 39.7 Å². The van der Waals surface area contributed by atoms with Crippen LogP contribution in [0.5, 0.6) is 0 Å². The summed E-state index contributed by atoms with van der Waals surface area (Å²) in [6, 6.07) is 8.22. The van der Waals surface area contributed by atoms with E-state index in [-0.39, 0.29) is 5.02 Å². The number of alkyl halides is 3. The molecule has 0 radical (unpaired) electrons. The second-order valence-electron chi connectivity index (χ2n) is 4.44. The van der Waals surface area contributed by atoms with Crippen LogP contribution in [0, 0.1) is 0 Å². The zero-order valence-electron chi connectivity index (χ0n) is 10.3. The smallest absolute Gasteiger partial charge is 0.305 e. The number of benzene rings is 1. The van der Waals surface area contributed by atoms with Crippen molar-refractivity contribution in [3.05, 3.63) is 57.8 Å². The molecule has 2 nitrogen and oxygen atoms in total. The molecule has 0 atom stereocenters. The Morgan fingerprint density at radius 3 is 2.57 bits per heavy atom. The Morgan fingerprint density at radius 1 is 1.14 bits per heavy atom. The van der Waals surface area contributed by atoms with Gasteiger partial charge in [0.15, 0.2) is 5.65 Å². The number of hydrogen-bond donors (Lipinski definition) is 0. The molecule has 0 amide bonds. The monoisotopic (exact) mass is 374 g/mol. The van der Waals surface area contributed by atoms with E-state index in [0.717, 1.165) is 22.3 Å². The maximum atomic E-state index is 12.8. The van der Waals surface area contributed by atoms with Crippen LogP contribution in [-0.2, 0) is 6.18 Å². The summed E-state index contributed by atoms with van der Waals surface area (Å²) in [5.74, 6) is 0. The number of hydrogen-bond acceptors (Lipinski definition) is 1. The zero-order chi connectivity index (χ0) is 15.2. The predicted octanol–water partition coefficient (Wildman–Crippen LogP) is 5.44. The fourth-order valence-corrected chi connectivity index (χ4v) is 2.66. The van der Waals surface area contributed by atoms with Crippen molar-refractivity contribution >= 4 is 33.2 Å². The molecule has 0 saturated heterocycles. The van der Waals surface area contributed by atoms with Crippen molar-refractivity contribution in [2.24, 2.45) is 0 Å². The third kappa shape index (κ3) is 2.78. The van der Waals surface area contributed by atoms with Gasteiger partial charge in [-0.3, -0.25) is 0 Å². The molecule has 2 aromatic heterocycles. The highest BCUT2D eigenvalue weighted by atomic mass is 79.9. The Hall–Kier alpha value is -1.53. The van der Waals surface area contributed by atoms with Gasteiger partial charge in [0.25, 0.3) is 0 Å². The largest absolute Gasteiger partial charge is 0.417 e. The van der Waals surface area contributed by atoms with Crippen LogP contribution in [0.25, 0.3) is 16.9 Å². The van der Waals surface area contributed by atoms with Crippen LogP contribution in [0.2, 0.25) is 5.02 Å². The minimum absolute atomic E-state index is 0.0360. The maximum absolute atomic E-state index is 12.8. The van der Waals surface area contributed by atoms with E-state index in [1.807, 2.05) is 24.3 Å². The third-order valence-electron chi connectivity index (χ3n) is 2.95. The molecule has 0 aliphatic rings. The number of pyridine rings is 1. The lowest BCUT2D eigenvalue weighted by Crippen LogP contribution is -2.06. The van der Waals surface area contributed by atoms with Crippen LogP contribution in [0.15, 0.2) is 47.2 Å². The Morgan fingerprint density at radius 2 is 1.90 bits per heavy atom. The fraction of sp³-hybridized carbons (Fsp3) is 0.0714. The molecule has 3 aromatic rings. The Balaban J connectivity index is 2.18. The van der Waals surface area contributed by atoms with Crippen LogP contribution in [0.4, 0.5) is 13.2 Å². The molecule has 0 fully saturated rings. The number of fused-ring (bicyclic) bond motifs is 1. The van der Waals surface area contributed by atoms with Crippen molar-refractivity contribution in [3.8, 4) is 11.3 Å². The van der Waals surface area contributed by atoms with Crippen molar-refractivity contribution < 1.29 is 13.2 Å². The lowest BCUT2D eigenvalue weighted by molar-refractivity contribution is -0.137. The second kappa shape index (κ2) is 5.03. The van der Waals surface area contributed by atoms with Gasteiger partial charge in [0.2, 0.25) is 0 Å². The molecule has 3 rings (SSSR count). The van der Waals surface area contributed by atoms with Crippen molar-refractivity contribution in [3.63, 3.8) is 0 Å². The summed E-state index contributed by atoms with van der Waals surface area (Å²) in [5, 5.41) is -0.0360. The number of aromatic nitrogens is 2.